The van der Waals surface area contributed by atoms with Crippen LogP contribution in [0.4, 0.5) is 0 Å². The summed E-state index contributed by atoms with van der Waals surface area (Å²) in [5.41, 5.74) is 0. The van der Waals surface area contributed by atoms with E-state index in [1.165, 1.54) is 51.4 Å². The predicted octanol–water partition coefficient (Wildman–Crippen LogP) is 6.86. The van der Waals surface area contributed by atoms with Crippen LogP contribution in [0.5, 0.6) is 0 Å². The lowest BCUT2D eigenvalue weighted by atomic mass is 10.1. The van der Waals surface area contributed by atoms with Crippen molar-refractivity contribution in [3.63, 3.8) is 0 Å². The van der Waals surface area contributed by atoms with E-state index < -0.39 is 0 Å². The molecule has 0 aromatic rings. The standard InChI is InChI=1S/C23H48N2/c1-8-11-12-13-14-15-16-17-18-19-20-23(24(9-2)21(4)5)25(10-3)22(6)7/h18-19,21-23H,8-17,20H2,1-7H3. The molecule has 0 radical (unpaired) electrons. The van der Waals surface area contributed by atoms with Crippen molar-refractivity contribution in [2.24, 2.45) is 0 Å². The second-order valence-corrected chi connectivity index (χ2v) is 7.95. The number of allylic oxidation sites excluding steroid dienone is 1. The molecule has 0 amide bonds. The zero-order valence-corrected chi connectivity index (χ0v) is 18.6. The van der Waals surface area contributed by atoms with E-state index in [0.717, 1.165) is 19.5 Å². The van der Waals surface area contributed by atoms with Gasteiger partial charge in [0, 0.05) is 12.1 Å². The number of hydrogen-bond donors (Lipinski definition) is 0. The highest BCUT2D eigenvalue weighted by Gasteiger charge is 2.25. The molecule has 0 aromatic heterocycles. The topological polar surface area (TPSA) is 6.48 Å². The van der Waals surface area contributed by atoms with Crippen molar-refractivity contribution in [2.75, 3.05) is 13.1 Å². The van der Waals surface area contributed by atoms with Crippen LogP contribution in [0.25, 0.3) is 0 Å². The van der Waals surface area contributed by atoms with E-state index in [1.807, 2.05) is 0 Å². The highest BCUT2D eigenvalue weighted by molar-refractivity contribution is 4.89. The van der Waals surface area contributed by atoms with Crippen LogP contribution < -0.4 is 0 Å². The van der Waals surface area contributed by atoms with Gasteiger partial charge in [0.05, 0.1) is 6.17 Å². The summed E-state index contributed by atoms with van der Waals surface area (Å²) >= 11 is 0. The third kappa shape index (κ3) is 11.1. The van der Waals surface area contributed by atoms with Crippen molar-refractivity contribution in [3.8, 4) is 0 Å². The average molecular weight is 353 g/mol. The molecular formula is C23H48N2. The minimum absolute atomic E-state index is 0.528. The molecule has 150 valence electrons. The fourth-order valence-electron chi connectivity index (χ4n) is 3.86. The maximum Gasteiger partial charge on any atom is 0.0662 e. The van der Waals surface area contributed by atoms with Crippen LogP contribution in [-0.2, 0) is 0 Å². The maximum atomic E-state index is 2.64. The molecule has 2 nitrogen and oxygen atoms in total. The van der Waals surface area contributed by atoms with Gasteiger partial charge in [-0.2, -0.15) is 0 Å². The third-order valence-electron chi connectivity index (χ3n) is 5.31. The number of nitrogens with zero attached hydrogens (tertiary/aromatic N) is 2. The van der Waals surface area contributed by atoms with Crippen LogP contribution in [0.2, 0.25) is 0 Å². The normalized spacial score (nSPS) is 12.8. The summed E-state index contributed by atoms with van der Waals surface area (Å²) in [6.45, 7) is 18.4. The van der Waals surface area contributed by atoms with Crippen LogP contribution in [0, 0.1) is 0 Å². The molecule has 0 spiro atoms. The number of unbranched alkanes of at least 4 members (excludes halogenated alkanes) is 7. The lowest BCUT2D eigenvalue weighted by Gasteiger charge is -2.42. The van der Waals surface area contributed by atoms with Gasteiger partial charge in [-0.15, -0.1) is 0 Å². The van der Waals surface area contributed by atoms with Gasteiger partial charge in [-0.05, 0) is 60.0 Å². The summed E-state index contributed by atoms with van der Waals surface area (Å²) in [6.07, 6.45) is 17.6. The Bertz CT molecular complexity index is 293. The molecule has 0 aromatic carbocycles. The lowest BCUT2D eigenvalue weighted by molar-refractivity contribution is 0.0103. The van der Waals surface area contributed by atoms with Crippen LogP contribution >= 0.6 is 0 Å². The smallest absolute Gasteiger partial charge is 0.0662 e. The van der Waals surface area contributed by atoms with Gasteiger partial charge in [-0.3, -0.25) is 9.80 Å². The SMILES string of the molecule is CCCCCCCCCC=CCC(N(CC)C(C)C)N(CC)C(C)C. The molecule has 0 unspecified atom stereocenters. The fourth-order valence-corrected chi connectivity index (χ4v) is 3.86. The molecule has 0 saturated heterocycles. The highest BCUT2D eigenvalue weighted by Crippen LogP contribution is 2.18. The first kappa shape index (κ1) is 24.7. The van der Waals surface area contributed by atoms with Gasteiger partial charge >= 0.3 is 0 Å². The molecule has 0 rings (SSSR count). The van der Waals surface area contributed by atoms with E-state index in [9.17, 15) is 0 Å². The number of rotatable bonds is 16. The molecule has 0 aliphatic rings. The third-order valence-corrected chi connectivity index (χ3v) is 5.31. The highest BCUT2D eigenvalue weighted by atomic mass is 15.4. The number of hydrogen-bond acceptors (Lipinski definition) is 2. The molecule has 0 N–H and O–H groups in total. The molecule has 0 saturated carbocycles. The molecule has 0 atom stereocenters. The predicted molar refractivity (Wildman–Crippen MR) is 115 cm³/mol. The fraction of sp³-hybridized carbons (Fsp3) is 0.913. The summed E-state index contributed by atoms with van der Waals surface area (Å²) in [5.74, 6) is 0. The summed E-state index contributed by atoms with van der Waals surface area (Å²) in [5, 5.41) is 0. The van der Waals surface area contributed by atoms with Gasteiger partial charge in [0.2, 0.25) is 0 Å². The van der Waals surface area contributed by atoms with Crippen LogP contribution in [0.3, 0.4) is 0 Å². The zero-order chi connectivity index (χ0) is 19.1. The summed E-state index contributed by atoms with van der Waals surface area (Å²) in [6, 6.07) is 1.19. The quantitative estimate of drug-likeness (QED) is 0.170. The lowest BCUT2D eigenvalue weighted by Crippen LogP contribution is -2.53. The Labute approximate surface area is 160 Å². The molecule has 2 heteroatoms. The molecule has 0 aliphatic heterocycles. The van der Waals surface area contributed by atoms with Crippen LogP contribution in [0.15, 0.2) is 12.2 Å². The van der Waals surface area contributed by atoms with E-state index in [0.29, 0.717) is 18.2 Å². The Hall–Kier alpha value is -0.340. The van der Waals surface area contributed by atoms with Crippen molar-refractivity contribution in [2.45, 2.75) is 125 Å². The molecule has 0 heterocycles. The Morgan fingerprint density at radius 3 is 1.56 bits per heavy atom. The van der Waals surface area contributed by atoms with Gasteiger partial charge in [0.15, 0.2) is 0 Å². The van der Waals surface area contributed by atoms with Crippen molar-refractivity contribution in [3.05, 3.63) is 12.2 Å². The van der Waals surface area contributed by atoms with Gasteiger partial charge in [0.1, 0.15) is 0 Å². The van der Waals surface area contributed by atoms with E-state index in [-0.39, 0.29) is 0 Å². The Kier molecular flexibility index (Phi) is 15.7. The first-order chi connectivity index (χ1) is 12.0. The molecule has 25 heavy (non-hydrogen) atoms. The van der Waals surface area contributed by atoms with Gasteiger partial charge < -0.3 is 0 Å². The zero-order valence-electron chi connectivity index (χ0n) is 18.6. The maximum absolute atomic E-state index is 2.64. The molecule has 0 aliphatic carbocycles. The minimum Gasteiger partial charge on any atom is -0.285 e. The Morgan fingerprint density at radius 1 is 0.640 bits per heavy atom. The van der Waals surface area contributed by atoms with Crippen molar-refractivity contribution < 1.29 is 0 Å². The first-order valence-corrected chi connectivity index (χ1v) is 11.2. The average Bonchev–Trinajstić information content (AvgIpc) is 2.56. The second-order valence-electron chi connectivity index (χ2n) is 7.95. The molecule has 0 bridgehead atoms. The van der Waals surface area contributed by atoms with Gasteiger partial charge in [0.25, 0.3) is 0 Å². The first-order valence-electron chi connectivity index (χ1n) is 11.2. The van der Waals surface area contributed by atoms with E-state index in [4.69, 9.17) is 0 Å². The van der Waals surface area contributed by atoms with E-state index in [2.05, 4.69) is 70.4 Å². The van der Waals surface area contributed by atoms with Crippen molar-refractivity contribution in [1.29, 1.82) is 0 Å². The summed E-state index contributed by atoms with van der Waals surface area (Å²) in [7, 11) is 0. The summed E-state index contributed by atoms with van der Waals surface area (Å²) in [4.78, 5) is 5.28. The van der Waals surface area contributed by atoms with Gasteiger partial charge in [-0.25, -0.2) is 0 Å². The van der Waals surface area contributed by atoms with Crippen LogP contribution in [0.1, 0.15) is 106 Å². The Balaban J connectivity index is 4.33. The minimum atomic E-state index is 0.528. The van der Waals surface area contributed by atoms with Gasteiger partial charge in [-0.1, -0.05) is 71.4 Å². The Morgan fingerprint density at radius 2 is 1.12 bits per heavy atom. The van der Waals surface area contributed by atoms with Crippen molar-refractivity contribution >= 4 is 0 Å². The van der Waals surface area contributed by atoms with Crippen molar-refractivity contribution in [1.82, 2.24) is 9.80 Å². The van der Waals surface area contributed by atoms with E-state index >= 15 is 0 Å². The van der Waals surface area contributed by atoms with Crippen LogP contribution in [-0.4, -0.2) is 41.1 Å². The summed E-state index contributed by atoms with van der Waals surface area (Å²) < 4.78 is 0. The largest absolute Gasteiger partial charge is 0.285 e. The van der Waals surface area contributed by atoms with E-state index in [1.54, 1.807) is 0 Å². The molecule has 0 fully saturated rings. The monoisotopic (exact) mass is 352 g/mol. The molecular weight excluding hydrogens is 304 g/mol. The second kappa shape index (κ2) is 15.9.